The highest BCUT2D eigenvalue weighted by Crippen LogP contribution is 2.51. The van der Waals surface area contributed by atoms with Gasteiger partial charge in [-0.3, -0.25) is 0 Å². The molecule has 0 aromatic carbocycles. The van der Waals surface area contributed by atoms with Gasteiger partial charge in [-0.2, -0.15) is 10.5 Å². The maximum Gasteiger partial charge on any atom is 0.0972 e. The number of nitriles is 2. The second kappa shape index (κ2) is 4.28. The van der Waals surface area contributed by atoms with Crippen molar-refractivity contribution in [1.82, 2.24) is 5.32 Å². The van der Waals surface area contributed by atoms with Gasteiger partial charge in [0.15, 0.2) is 0 Å². The third-order valence-electron chi connectivity index (χ3n) is 4.80. The van der Waals surface area contributed by atoms with Crippen molar-refractivity contribution in [3.05, 3.63) is 34.7 Å². The van der Waals surface area contributed by atoms with E-state index in [1.165, 1.54) is 6.42 Å². The molecule has 1 N–H and O–H groups in total. The average Bonchev–Trinajstić information content (AvgIpc) is 3.00. The standard InChI is InChI=1S/C16H17N3/c1-9-14(7-17)16(15(8-18)10(2)19-9)13-6-11-3-4-12(13)5-11/h3-4,11-13,16,19H,5-6H2,1-2H3/t11-,12+,13-/m1/s1. The molecule has 0 radical (unpaired) electrons. The van der Waals surface area contributed by atoms with Crippen molar-refractivity contribution in [2.45, 2.75) is 26.7 Å². The van der Waals surface area contributed by atoms with Crippen LogP contribution in [0.15, 0.2) is 34.7 Å². The fourth-order valence-electron chi connectivity index (χ4n) is 3.97. The molecule has 3 rings (SSSR count). The van der Waals surface area contributed by atoms with Crippen molar-refractivity contribution in [2.75, 3.05) is 0 Å². The summed E-state index contributed by atoms with van der Waals surface area (Å²) in [5, 5.41) is 22.1. The van der Waals surface area contributed by atoms with Crippen LogP contribution in [0.1, 0.15) is 26.7 Å². The summed E-state index contributed by atoms with van der Waals surface area (Å²) in [6.45, 7) is 3.87. The molecule has 3 nitrogen and oxygen atoms in total. The first-order chi connectivity index (χ1) is 9.15. The van der Waals surface area contributed by atoms with E-state index < -0.39 is 0 Å². The highest BCUT2D eigenvalue weighted by molar-refractivity contribution is 5.48. The maximum absolute atomic E-state index is 9.46. The molecule has 1 aliphatic heterocycles. The van der Waals surface area contributed by atoms with Gasteiger partial charge in [-0.15, -0.1) is 0 Å². The Hall–Kier alpha value is -2.00. The zero-order chi connectivity index (χ0) is 13.6. The Morgan fingerprint density at radius 1 is 1.05 bits per heavy atom. The molecule has 2 aliphatic carbocycles. The van der Waals surface area contributed by atoms with Gasteiger partial charge in [0.25, 0.3) is 0 Å². The number of nitrogens with one attached hydrogen (secondary N) is 1. The second-order valence-corrected chi connectivity index (χ2v) is 5.85. The van der Waals surface area contributed by atoms with E-state index in [0.29, 0.717) is 17.8 Å². The van der Waals surface area contributed by atoms with Crippen molar-refractivity contribution in [3.63, 3.8) is 0 Å². The molecule has 0 saturated heterocycles. The molecule has 3 aliphatic rings. The van der Waals surface area contributed by atoms with Gasteiger partial charge in [0.1, 0.15) is 0 Å². The molecule has 0 aromatic rings. The van der Waals surface area contributed by atoms with Gasteiger partial charge in [0.05, 0.1) is 23.3 Å². The van der Waals surface area contributed by atoms with Crippen LogP contribution in [-0.2, 0) is 0 Å². The molecule has 3 heteroatoms. The first kappa shape index (κ1) is 12.1. The summed E-state index contributed by atoms with van der Waals surface area (Å²) < 4.78 is 0. The van der Waals surface area contributed by atoms with Crippen molar-refractivity contribution < 1.29 is 0 Å². The lowest BCUT2D eigenvalue weighted by Gasteiger charge is -2.33. The summed E-state index contributed by atoms with van der Waals surface area (Å²) in [4.78, 5) is 0. The number of rotatable bonds is 1. The zero-order valence-electron chi connectivity index (χ0n) is 11.3. The highest BCUT2D eigenvalue weighted by atomic mass is 14.9. The third-order valence-corrected chi connectivity index (χ3v) is 4.80. The Kier molecular flexibility index (Phi) is 2.72. The molecule has 96 valence electrons. The van der Waals surface area contributed by atoms with E-state index >= 15 is 0 Å². The lowest BCUT2D eigenvalue weighted by atomic mass is 9.72. The number of dihydropyridines is 1. The Balaban J connectivity index is 2.05. The predicted octanol–water partition coefficient (Wildman–Crippen LogP) is 3.01. The van der Waals surface area contributed by atoms with E-state index in [2.05, 4.69) is 29.6 Å². The van der Waals surface area contributed by atoms with Gasteiger partial charge >= 0.3 is 0 Å². The molecule has 1 fully saturated rings. The fourth-order valence-corrected chi connectivity index (χ4v) is 3.97. The average molecular weight is 251 g/mol. The van der Waals surface area contributed by atoms with Crippen LogP contribution in [0.25, 0.3) is 0 Å². The molecule has 0 spiro atoms. The molecule has 1 heterocycles. The molecule has 1 saturated carbocycles. The summed E-state index contributed by atoms with van der Waals surface area (Å²) in [7, 11) is 0. The number of nitrogens with zero attached hydrogens (tertiary/aromatic N) is 2. The van der Waals surface area contributed by atoms with Gasteiger partial charge < -0.3 is 5.32 Å². The number of fused-ring (bicyclic) bond motifs is 2. The van der Waals surface area contributed by atoms with Crippen LogP contribution in [0, 0.1) is 46.3 Å². The number of allylic oxidation sites excluding steroid dienone is 6. The van der Waals surface area contributed by atoms with Crippen LogP contribution in [0.5, 0.6) is 0 Å². The summed E-state index contributed by atoms with van der Waals surface area (Å²) >= 11 is 0. The van der Waals surface area contributed by atoms with E-state index in [-0.39, 0.29) is 5.92 Å². The largest absolute Gasteiger partial charge is 0.361 e. The monoisotopic (exact) mass is 251 g/mol. The molecule has 3 atom stereocenters. The minimum atomic E-state index is -0.00352. The van der Waals surface area contributed by atoms with Crippen LogP contribution in [0.3, 0.4) is 0 Å². The van der Waals surface area contributed by atoms with Gasteiger partial charge in [-0.05, 0) is 44.4 Å². The maximum atomic E-state index is 9.46. The smallest absolute Gasteiger partial charge is 0.0972 e. The zero-order valence-corrected chi connectivity index (χ0v) is 11.3. The molecule has 0 amide bonds. The Bertz CT molecular complexity index is 558. The van der Waals surface area contributed by atoms with Crippen molar-refractivity contribution in [1.29, 1.82) is 10.5 Å². The van der Waals surface area contributed by atoms with E-state index in [9.17, 15) is 10.5 Å². The van der Waals surface area contributed by atoms with Crippen molar-refractivity contribution >= 4 is 0 Å². The summed E-state index contributed by atoms with van der Waals surface area (Å²) in [6.07, 6.45) is 6.90. The first-order valence-corrected chi connectivity index (χ1v) is 6.82. The molecule has 2 bridgehead atoms. The quantitative estimate of drug-likeness (QED) is 0.729. The lowest BCUT2D eigenvalue weighted by molar-refractivity contribution is 0.363. The lowest BCUT2D eigenvalue weighted by Crippen LogP contribution is -2.31. The van der Waals surface area contributed by atoms with Crippen molar-refractivity contribution in [3.8, 4) is 12.1 Å². The fraction of sp³-hybridized carbons (Fsp3) is 0.500. The van der Waals surface area contributed by atoms with Gasteiger partial charge in [-0.1, -0.05) is 12.2 Å². The molecule has 0 unspecified atom stereocenters. The third kappa shape index (κ3) is 1.70. The summed E-state index contributed by atoms with van der Waals surface area (Å²) in [5.41, 5.74) is 3.34. The highest BCUT2D eigenvalue weighted by Gasteiger charge is 2.44. The van der Waals surface area contributed by atoms with Crippen LogP contribution < -0.4 is 5.32 Å². The van der Waals surface area contributed by atoms with Crippen LogP contribution in [0.4, 0.5) is 0 Å². The van der Waals surface area contributed by atoms with E-state index in [0.717, 1.165) is 29.0 Å². The predicted molar refractivity (Wildman–Crippen MR) is 72.1 cm³/mol. The second-order valence-electron chi connectivity index (χ2n) is 5.85. The van der Waals surface area contributed by atoms with Gasteiger partial charge in [0, 0.05) is 17.3 Å². The molecule has 0 aromatic heterocycles. The first-order valence-electron chi connectivity index (χ1n) is 6.82. The summed E-state index contributed by atoms with van der Waals surface area (Å²) in [6, 6.07) is 4.67. The Morgan fingerprint density at radius 3 is 2.11 bits per heavy atom. The molecular weight excluding hydrogens is 234 g/mol. The SMILES string of the molecule is CC1=C(C#N)C([C@@H]2C[C@@H]3C=C[C@H]2C3)C(C#N)=C(C)N1. The van der Waals surface area contributed by atoms with E-state index in [4.69, 9.17) is 0 Å². The van der Waals surface area contributed by atoms with Crippen LogP contribution in [0.2, 0.25) is 0 Å². The number of hydrogen-bond acceptors (Lipinski definition) is 3. The Labute approximate surface area is 113 Å². The normalized spacial score (nSPS) is 33.4. The van der Waals surface area contributed by atoms with Crippen LogP contribution in [-0.4, -0.2) is 0 Å². The van der Waals surface area contributed by atoms with E-state index in [1.54, 1.807) is 0 Å². The Morgan fingerprint density at radius 2 is 1.68 bits per heavy atom. The van der Waals surface area contributed by atoms with E-state index in [1.807, 2.05) is 13.8 Å². The molecule has 19 heavy (non-hydrogen) atoms. The minimum Gasteiger partial charge on any atom is -0.361 e. The van der Waals surface area contributed by atoms with Gasteiger partial charge in [-0.25, -0.2) is 0 Å². The topological polar surface area (TPSA) is 59.6 Å². The van der Waals surface area contributed by atoms with Crippen LogP contribution >= 0.6 is 0 Å². The van der Waals surface area contributed by atoms with Crippen molar-refractivity contribution in [2.24, 2.45) is 23.7 Å². The number of hydrogen-bond donors (Lipinski definition) is 1. The summed E-state index contributed by atoms with van der Waals surface area (Å²) in [5.74, 6) is 1.62. The van der Waals surface area contributed by atoms with Gasteiger partial charge in [0.2, 0.25) is 0 Å². The minimum absolute atomic E-state index is 0.00352. The molecular formula is C16H17N3.